The highest BCUT2D eigenvalue weighted by Gasteiger charge is 2.34. The lowest BCUT2D eigenvalue weighted by molar-refractivity contribution is 0.123. The van der Waals surface area contributed by atoms with E-state index < -0.39 is 0 Å². The van der Waals surface area contributed by atoms with Crippen molar-refractivity contribution in [3.8, 4) is 0 Å². The highest BCUT2D eigenvalue weighted by Crippen LogP contribution is 2.25. The Bertz CT molecular complexity index is 313. The zero-order valence-corrected chi connectivity index (χ0v) is 10.3. The highest BCUT2D eigenvalue weighted by molar-refractivity contribution is 5.10. The smallest absolute Gasteiger partial charge is 0.0935 e. The molecule has 1 aliphatic heterocycles. The number of likely N-dealkylation sites (tertiary alicyclic amines) is 1. The van der Waals surface area contributed by atoms with Gasteiger partial charge in [-0.05, 0) is 57.8 Å². The van der Waals surface area contributed by atoms with Crippen LogP contribution in [0.15, 0.2) is 23.0 Å². The van der Waals surface area contributed by atoms with Crippen molar-refractivity contribution in [3.05, 3.63) is 24.2 Å². The number of rotatable bonds is 4. The molecule has 1 unspecified atom stereocenters. The zero-order chi connectivity index (χ0) is 11.6. The third-order valence-electron chi connectivity index (χ3n) is 3.86. The monoisotopic (exact) mass is 222 g/mol. The van der Waals surface area contributed by atoms with E-state index in [0.717, 1.165) is 6.42 Å². The van der Waals surface area contributed by atoms with Gasteiger partial charge in [0.15, 0.2) is 0 Å². The van der Waals surface area contributed by atoms with Crippen LogP contribution in [0, 0.1) is 0 Å². The molecule has 0 aliphatic carbocycles. The largest absolute Gasteiger partial charge is 0.472 e. The van der Waals surface area contributed by atoms with Gasteiger partial charge in [-0.15, -0.1) is 0 Å². The maximum Gasteiger partial charge on any atom is 0.0935 e. The Labute approximate surface area is 97.6 Å². The Morgan fingerprint density at radius 3 is 2.69 bits per heavy atom. The van der Waals surface area contributed by atoms with E-state index in [-0.39, 0.29) is 11.6 Å². The van der Waals surface area contributed by atoms with Crippen LogP contribution < -0.4 is 5.73 Å². The zero-order valence-electron chi connectivity index (χ0n) is 10.3. The Kier molecular flexibility index (Phi) is 3.36. The molecule has 0 amide bonds. The Balaban J connectivity index is 1.99. The van der Waals surface area contributed by atoms with Crippen LogP contribution >= 0.6 is 0 Å². The van der Waals surface area contributed by atoms with Crippen LogP contribution in [-0.2, 0) is 6.42 Å². The summed E-state index contributed by atoms with van der Waals surface area (Å²) in [5, 5.41) is 0. The molecule has 2 heterocycles. The lowest BCUT2D eigenvalue weighted by Crippen LogP contribution is -2.55. The lowest BCUT2D eigenvalue weighted by atomic mass is 9.89. The first-order valence-corrected chi connectivity index (χ1v) is 6.12. The molecule has 1 aromatic heterocycles. The molecule has 1 aromatic rings. The Morgan fingerprint density at radius 1 is 1.44 bits per heavy atom. The van der Waals surface area contributed by atoms with E-state index in [0.29, 0.717) is 0 Å². The molecule has 1 atom stereocenters. The lowest BCUT2D eigenvalue weighted by Gasteiger charge is -2.40. The van der Waals surface area contributed by atoms with E-state index in [1.54, 1.807) is 12.5 Å². The Hall–Kier alpha value is -0.800. The minimum absolute atomic E-state index is 0.0772. The van der Waals surface area contributed by atoms with Crippen molar-refractivity contribution >= 4 is 0 Å². The van der Waals surface area contributed by atoms with Gasteiger partial charge in [0.1, 0.15) is 0 Å². The van der Waals surface area contributed by atoms with Crippen molar-refractivity contribution in [2.75, 3.05) is 13.1 Å². The van der Waals surface area contributed by atoms with Crippen molar-refractivity contribution in [2.24, 2.45) is 5.73 Å². The second-order valence-electron chi connectivity index (χ2n) is 5.29. The molecular formula is C13H22N2O. The second-order valence-corrected chi connectivity index (χ2v) is 5.29. The van der Waals surface area contributed by atoms with Crippen LogP contribution in [0.4, 0.5) is 0 Å². The molecule has 90 valence electrons. The van der Waals surface area contributed by atoms with Crippen molar-refractivity contribution in [1.29, 1.82) is 0 Å². The molecule has 2 rings (SSSR count). The van der Waals surface area contributed by atoms with E-state index in [9.17, 15) is 0 Å². The Morgan fingerprint density at radius 2 is 2.12 bits per heavy atom. The molecule has 0 aromatic carbocycles. The number of hydrogen-bond acceptors (Lipinski definition) is 3. The maximum absolute atomic E-state index is 6.34. The van der Waals surface area contributed by atoms with Crippen LogP contribution in [0.2, 0.25) is 0 Å². The first kappa shape index (κ1) is 11.7. The van der Waals surface area contributed by atoms with Gasteiger partial charge in [-0.2, -0.15) is 0 Å². The number of nitrogens with zero attached hydrogens (tertiary/aromatic N) is 1. The predicted octanol–water partition coefficient (Wildman–Crippen LogP) is 2.02. The number of furan rings is 1. The molecule has 1 fully saturated rings. The van der Waals surface area contributed by atoms with E-state index in [4.69, 9.17) is 10.2 Å². The van der Waals surface area contributed by atoms with E-state index in [2.05, 4.69) is 18.7 Å². The summed E-state index contributed by atoms with van der Waals surface area (Å²) in [6.07, 6.45) is 7.01. The molecule has 0 spiro atoms. The van der Waals surface area contributed by atoms with Gasteiger partial charge in [0, 0.05) is 11.6 Å². The molecule has 0 bridgehead atoms. The van der Waals surface area contributed by atoms with E-state index in [1.807, 2.05) is 6.07 Å². The minimum atomic E-state index is 0.0772. The molecule has 3 nitrogen and oxygen atoms in total. The van der Waals surface area contributed by atoms with Gasteiger partial charge in [0.2, 0.25) is 0 Å². The second kappa shape index (κ2) is 4.60. The van der Waals surface area contributed by atoms with Crippen LogP contribution in [0.3, 0.4) is 0 Å². The van der Waals surface area contributed by atoms with Gasteiger partial charge >= 0.3 is 0 Å². The molecule has 0 saturated carbocycles. The van der Waals surface area contributed by atoms with Gasteiger partial charge in [-0.1, -0.05) is 0 Å². The molecule has 2 N–H and O–H groups in total. The fraction of sp³-hybridized carbons (Fsp3) is 0.692. The predicted molar refractivity (Wildman–Crippen MR) is 65.3 cm³/mol. The first-order chi connectivity index (χ1) is 7.60. The highest BCUT2D eigenvalue weighted by atomic mass is 16.3. The van der Waals surface area contributed by atoms with Gasteiger partial charge in [-0.25, -0.2) is 0 Å². The fourth-order valence-electron chi connectivity index (χ4n) is 2.44. The van der Waals surface area contributed by atoms with Gasteiger partial charge in [-0.3, -0.25) is 4.90 Å². The van der Waals surface area contributed by atoms with Gasteiger partial charge in [0.05, 0.1) is 12.5 Å². The maximum atomic E-state index is 6.34. The third-order valence-corrected chi connectivity index (χ3v) is 3.86. The summed E-state index contributed by atoms with van der Waals surface area (Å²) in [7, 11) is 0. The summed E-state index contributed by atoms with van der Waals surface area (Å²) < 4.78 is 5.08. The van der Waals surface area contributed by atoms with Crippen molar-refractivity contribution in [1.82, 2.24) is 4.90 Å². The molecule has 3 heteroatoms. The summed E-state index contributed by atoms with van der Waals surface area (Å²) in [4.78, 5) is 2.51. The summed E-state index contributed by atoms with van der Waals surface area (Å²) >= 11 is 0. The average Bonchev–Trinajstić information content (AvgIpc) is 2.89. The van der Waals surface area contributed by atoms with E-state index in [1.165, 1.54) is 31.5 Å². The SMILES string of the molecule is CC(C)(C(N)Cc1ccoc1)N1CCCC1. The van der Waals surface area contributed by atoms with Crippen LogP contribution in [0.25, 0.3) is 0 Å². The van der Waals surface area contributed by atoms with Crippen molar-refractivity contribution in [2.45, 2.75) is 44.7 Å². The molecule has 1 saturated heterocycles. The van der Waals surface area contributed by atoms with Crippen molar-refractivity contribution < 1.29 is 4.42 Å². The number of hydrogen-bond donors (Lipinski definition) is 1. The average molecular weight is 222 g/mol. The minimum Gasteiger partial charge on any atom is -0.472 e. The third kappa shape index (κ3) is 2.30. The quantitative estimate of drug-likeness (QED) is 0.847. The molecule has 1 aliphatic rings. The van der Waals surface area contributed by atoms with Crippen LogP contribution in [0.5, 0.6) is 0 Å². The normalized spacial score (nSPS) is 20.2. The van der Waals surface area contributed by atoms with Crippen LogP contribution in [-0.4, -0.2) is 29.6 Å². The van der Waals surface area contributed by atoms with Gasteiger partial charge in [0.25, 0.3) is 0 Å². The summed E-state index contributed by atoms with van der Waals surface area (Å²) in [6.45, 7) is 6.88. The summed E-state index contributed by atoms with van der Waals surface area (Å²) in [6, 6.07) is 2.16. The topological polar surface area (TPSA) is 42.4 Å². The standard InChI is InChI=1S/C13H22N2O/c1-13(2,15-6-3-4-7-15)12(14)9-11-5-8-16-10-11/h5,8,10,12H,3-4,6-7,9,14H2,1-2H3. The fourth-order valence-corrected chi connectivity index (χ4v) is 2.44. The molecule has 16 heavy (non-hydrogen) atoms. The van der Waals surface area contributed by atoms with Crippen molar-refractivity contribution in [3.63, 3.8) is 0 Å². The van der Waals surface area contributed by atoms with E-state index >= 15 is 0 Å². The molecule has 0 radical (unpaired) electrons. The van der Waals surface area contributed by atoms with Crippen LogP contribution in [0.1, 0.15) is 32.3 Å². The first-order valence-electron chi connectivity index (χ1n) is 6.12. The van der Waals surface area contributed by atoms with Gasteiger partial charge < -0.3 is 10.2 Å². The molecular weight excluding hydrogens is 200 g/mol. The summed E-state index contributed by atoms with van der Waals surface area (Å²) in [5.74, 6) is 0. The summed E-state index contributed by atoms with van der Waals surface area (Å²) in [5.41, 5.74) is 7.61. The number of nitrogens with two attached hydrogens (primary N) is 1.